The van der Waals surface area contributed by atoms with Crippen molar-refractivity contribution in [3.8, 4) is 5.75 Å². The van der Waals surface area contributed by atoms with Gasteiger partial charge in [0.2, 0.25) is 6.29 Å². The third kappa shape index (κ3) is 3.92. The lowest BCUT2D eigenvalue weighted by atomic mass is 9.99. The average Bonchev–Trinajstić information content (AvgIpc) is 2.64. The van der Waals surface area contributed by atoms with Crippen LogP contribution in [0.3, 0.4) is 0 Å². The van der Waals surface area contributed by atoms with Gasteiger partial charge in [0.05, 0.1) is 12.3 Å². The molecule has 7 heteroatoms. The van der Waals surface area contributed by atoms with Crippen LogP contribution in [0.5, 0.6) is 5.75 Å². The molecule has 0 aliphatic carbocycles. The van der Waals surface area contributed by atoms with Crippen LogP contribution in [0.25, 0.3) is 0 Å². The smallest absolute Gasteiger partial charge is 0.229 e. The van der Waals surface area contributed by atoms with Crippen molar-refractivity contribution >= 4 is 11.4 Å². The zero-order chi connectivity index (χ0) is 17.8. The van der Waals surface area contributed by atoms with Crippen molar-refractivity contribution in [2.24, 2.45) is 0 Å². The molecule has 0 spiro atoms. The first kappa shape index (κ1) is 17.7. The molecule has 3 rings (SSSR count). The van der Waals surface area contributed by atoms with Gasteiger partial charge in [-0.1, -0.05) is 30.3 Å². The highest BCUT2D eigenvalue weighted by molar-refractivity contribution is 5.66. The van der Waals surface area contributed by atoms with E-state index in [0.717, 1.165) is 5.69 Å². The van der Waals surface area contributed by atoms with Crippen molar-refractivity contribution in [3.63, 3.8) is 0 Å². The Bertz CT molecular complexity index is 680. The van der Waals surface area contributed by atoms with E-state index in [9.17, 15) is 20.4 Å². The maximum atomic E-state index is 10.1. The zero-order valence-corrected chi connectivity index (χ0v) is 13.4. The van der Waals surface area contributed by atoms with Crippen LogP contribution in [0.4, 0.5) is 11.4 Å². The maximum absolute atomic E-state index is 10.1. The number of para-hydroxylation sites is 3. The van der Waals surface area contributed by atoms with Gasteiger partial charge in [-0.2, -0.15) is 0 Å². The Labute approximate surface area is 145 Å². The van der Waals surface area contributed by atoms with Crippen LogP contribution in [0, 0.1) is 0 Å². The van der Waals surface area contributed by atoms with Gasteiger partial charge in [0, 0.05) is 5.69 Å². The number of rotatable bonds is 5. The number of aliphatic hydroxyl groups excluding tert-OH is 4. The Kier molecular flexibility index (Phi) is 5.52. The van der Waals surface area contributed by atoms with E-state index in [-0.39, 0.29) is 0 Å². The monoisotopic (exact) mass is 347 g/mol. The quantitative estimate of drug-likeness (QED) is 0.539. The number of ether oxygens (including phenoxy) is 2. The maximum Gasteiger partial charge on any atom is 0.229 e. The Morgan fingerprint density at radius 2 is 1.56 bits per heavy atom. The SMILES string of the molecule is OCC1OC(Oc2ccccc2Nc2ccccc2)C(O)C(O)C1O. The standard InChI is InChI=1S/C18H21NO6/c20-10-14-15(21)16(22)17(23)18(25-14)24-13-9-5-4-8-12(13)19-11-6-2-1-3-7-11/h1-9,14-23H,10H2. The Hall–Kier alpha value is -2.16. The summed E-state index contributed by atoms with van der Waals surface area (Å²) in [5.41, 5.74) is 1.50. The average molecular weight is 347 g/mol. The van der Waals surface area contributed by atoms with E-state index >= 15 is 0 Å². The molecular weight excluding hydrogens is 326 g/mol. The normalized spacial score (nSPS) is 29.2. The van der Waals surface area contributed by atoms with E-state index in [1.807, 2.05) is 36.4 Å². The molecule has 1 aliphatic heterocycles. The fourth-order valence-electron chi connectivity index (χ4n) is 2.64. The molecule has 2 aromatic carbocycles. The van der Waals surface area contributed by atoms with Crippen molar-refractivity contribution in [1.29, 1.82) is 0 Å². The molecule has 0 aromatic heterocycles. The fourth-order valence-corrected chi connectivity index (χ4v) is 2.64. The van der Waals surface area contributed by atoms with Gasteiger partial charge in [-0.15, -0.1) is 0 Å². The van der Waals surface area contributed by atoms with Crippen LogP contribution in [-0.2, 0) is 4.74 Å². The van der Waals surface area contributed by atoms with Gasteiger partial charge in [0.15, 0.2) is 0 Å². The van der Waals surface area contributed by atoms with Crippen LogP contribution >= 0.6 is 0 Å². The summed E-state index contributed by atoms with van der Waals surface area (Å²) in [5, 5.41) is 42.2. The number of aliphatic hydroxyl groups is 4. The molecule has 0 radical (unpaired) electrons. The Morgan fingerprint density at radius 1 is 0.880 bits per heavy atom. The summed E-state index contributed by atoms with van der Waals surface area (Å²) in [7, 11) is 0. The van der Waals surface area contributed by atoms with Gasteiger partial charge in [-0.05, 0) is 24.3 Å². The topological polar surface area (TPSA) is 111 Å². The van der Waals surface area contributed by atoms with Crippen molar-refractivity contribution in [1.82, 2.24) is 0 Å². The Balaban J connectivity index is 1.78. The van der Waals surface area contributed by atoms with E-state index in [1.54, 1.807) is 18.2 Å². The molecule has 1 heterocycles. The lowest BCUT2D eigenvalue weighted by Crippen LogP contribution is -2.60. The molecule has 5 atom stereocenters. The van der Waals surface area contributed by atoms with Crippen molar-refractivity contribution in [2.75, 3.05) is 11.9 Å². The second-order valence-electron chi connectivity index (χ2n) is 5.80. The summed E-state index contributed by atoms with van der Waals surface area (Å²) in [5.74, 6) is 0.399. The number of nitrogens with one attached hydrogen (secondary N) is 1. The summed E-state index contributed by atoms with van der Waals surface area (Å²) in [6.07, 6.45) is -6.60. The predicted octanol–water partition coefficient (Wildman–Crippen LogP) is 0.609. The molecule has 134 valence electrons. The minimum atomic E-state index is -1.48. The van der Waals surface area contributed by atoms with E-state index in [2.05, 4.69) is 5.32 Å². The molecule has 1 saturated heterocycles. The summed E-state index contributed by atoms with van der Waals surface area (Å²) >= 11 is 0. The molecule has 0 saturated carbocycles. The molecule has 5 N–H and O–H groups in total. The second kappa shape index (κ2) is 7.81. The molecule has 0 bridgehead atoms. The fraction of sp³-hybridized carbons (Fsp3) is 0.333. The van der Waals surface area contributed by atoms with E-state index in [4.69, 9.17) is 9.47 Å². The number of anilines is 2. The first-order valence-electron chi connectivity index (χ1n) is 7.98. The van der Waals surface area contributed by atoms with Gasteiger partial charge < -0.3 is 35.2 Å². The number of hydrogen-bond donors (Lipinski definition) is 5. The van der Waals surface area contributed by atoms with Crippen molar-refractivity contribution in [2.45, 2.75) is 30.7 Å². The molecule has 1 aliphatic rings. The van der Waals surface area contributed by atoms with Crippen LogP contribution in [0.15, 0.2) is 54.6 Å². The van der Waals surface area contributed by atoms with E-state index in [1.165, 1.54) is 0 Å². The molecule has 0 amide bonds. The summed E-state index contributed by atoms with van der Waals surface area (Å²) < 4.78 is 11.1. The predicted molar refractivity (Wildman–Crippen MR) is 90.6 cm³/mol. The Morgan fingerprint density at radius 3 is 2.28 bits per heavy atom. The second-order valence-corrected chi connectivity index (χ2v) is 5.80. The van der Waals surface area contributed by atoms with Gasteiger partial charge in [0.25, 0.3) is 0 Å². The van der Waals surface area contributed by atoms with Gasteiger partial charge in [-0.3, -0.25) is 0 Å². The summed E-state index contributed by atoms with van der Waals surface area (Å²) in [6.45, 7) is -0.505. The first-order chi connectivity index (χ1) is 12.1. The van der Waals surface area contributed by atoms with Gasteiger partial charge in [0.1, 0.15) is 30.2 Å². The zero-order valence-electron chi connectivity index (χ0n) is 13.4. The van der Waals surface area contributed by atoms with Crippen LogP contribution < -0.4 is 10.1 Å². The minimum absolute atomic E-state index is 0.399. The molecular formula is C18H21NO6. The third-order valence-electron chi connectivity index (χ3n) is 4.03. The minimum Gasteiger partial charge on any atom is -0.460 e. The van der Waals surface area contributed by atoms with Gasteiger partial charge in [-0.25, -0.2) is 0 Å². The highest BCUT2D eigenvalue weighted by atomic mass is 16.7. The van der Waals surface area contributed by atoms with Crippen molar-refractivity contribution in [3.05, 3.63) is 54.6 Å². The largest absolute Gasteiger partial charge is 0.460 e. The molecule has 7 nitrogen and oxygen atoms in total. The molecule has 1 fully saturated rings. The van der Waals surface area contributed by atoms with Crippen LogP contribution in [0.2, 0.25) is 0 Å². The summed E-state index contributed by atoms with van der Waals surface area (Å²) in [6, 6.07) is 16.5. The molecule has 5 unspecified atom stereocenters. The highest BCUT2D eigenvalue weighted by Gasteiger charge is 2.44. The summed E-state index contributed by atoms with van der Waals surface area (Å²) in [4.78, 5) is 0. The molecule has 25 heavy (non-hydrogen) atoms. The highest BCUT2D eigenvalue weighted by Crippen LogP contribution is 2.31. The third-order valence-corrected chi connectivity index (χ3v) is 4.03. The van der Waals surface area contributed by atoms with Crippen LogP contribution in [0.1, 0.15) is 0 Å². The molecule has 2 aromatic rings. The lowest BCUT2D eigenvalue weighted by Gasteiger charge is -2.39. The van der Waals surface area contributed by atoms with Crippen molar-refractivity contribution < 1.29 is 29.9 Å². The number of benzene rings is 2. The lowest BCUT2D eigenvalue weighted by molar-refractivity contribution is -0.277. The first-order valence-corrected chi connectivity index (χ1v) is 7.98. The van der Waals surface area contributed by atoms with E-state index < -0.39 is 37.3 Å². The van der Waals surface area contributed by atoms with Gasteiger partial charge >= 0.3 is 0 Å². The van der Waals surface area contributed by atoms with E-state index in [0.29, 0.717) is 11.4 Å². The van der Waals surface area contributed by atoms with Crippen LogP contribution in [-0.4, -0.2) is 57.7 Å². The number of hydrogen-bond acceptors (Lipinski definition) is 7.